The molecule has 1 unspecified atom stereocenters. The topological polar surface area (TPSA) is 62.8 Å². The standard InChI is InChI=1S/C26H23F2N3O3S/c1-16-22(24(32)29-19-13-7-9-15-21(19)33-2)23(18-12-6-8-14-20(18)34-25(27)28)30-26(35)31(16)17-10-4-3-5-11-17/h3-15,23,25H,1-2H3,(H,29,32)(H,30,35). The molecule has 0 saturated heterocycles. The number of anilines is 2. The van der Waals surface area contributed by atoms with Crippen LogP contribution in [0.4, 0.5) is 20.2 Å². The van der Waals surface area contributed by atoms with Gasteiger partial charge in [0.25, 0.3) is 5.91 Å². The lowest BCUT2D eigenvalue weighted by Gasteiger charge is -2.38. The minimum Gasteiger partial charge on any atom is -0.495 e. The molecule has 35 heavy (non-hydrogen) atoms. The number of allylic oxidation sites excluding steroid dienone is 1. The van der Waals surface area contributed by atoms with Crippen LogP contribution >= 0.6 is 12.2 Å². The molecule has 0 aliphatic carbocycles. The maximum absolute atomic E-state index is 13.7. The van der Waals surface area contributed by atoms with Crippen molar-refractivity contribution in [3.63, 3.8) is 0 Å². The molecule has 3 aromatic rings. The zero-order valence-corrected chi connectivity index (χ0v) is 19.8. The van der Waals surface area contributed by atoms with Crippen LogP contribution in [-0.2, 0) is 4.79 Å². The van der Waals surface area contributed by atoms with Crippen molar-refractivity contribution in [2.75, 3.05) is 17.3 Å². The Bertz CT molecular complexity index is 1270. The molecule has 1 heterocycles. The van der Waals surface area contributed by atoms with Gasteiger partial charge in [-0.05, 0) is 49.5 Å². The first-order chi connectivity index (χ1) is 16.9. The lowest BCUT2D eigenvalue weighted by molar-refractivity contribution is -0.113. The molecule has 0 spiro atoms. The summed E-state index contributed by atoms with van der Waals surface area (Å²) in [6, 6.07) is 21.8. The van der Waals surface area contributed by atoms with Crippen LogP contribution in [0.5, 0.6) is 11.5 Å². The van der Waals surface area contributed by atoms with Crippen LogP contribution in [0, 0.1) is 0 Å². The molecule has 2 N–H and O–H groups in total. The predicted molar refractivity (Wildman–Crippen MR) is 135 cm³/mol. The number of hydrogen-bond acceptors (Lipinski definition) is 4. The molecule has 4 rings (SSSR count). The smallest absolute Gasteiger partial charge is 0.387 e. The van der Waals surface area contributed by atoms with Gasteiger partial charge in [0.1, 0.15) is 11.5 Å². The van der Waals surface area contributed by atoms with Gasteiger partial charge in [-0.25, -0.2) is 0 Å². The van der Waals surface area contributed by atoms with E-state index in [0.717, 1.165) is 5.69 Å². The van der Waals surface area contributed by atoms with E-state index in [1.807, 2.05) is 30.3 Å². The molecule has 1 aliphatic heterocycles. The second kappa shape index (κ2) is 10.5. The van der Waals surface area contributed by atoms with Crippen LogP contribution in [0.15, 0.2) is 90.1 Å². The Balaban J connectivity index is 1.84. The van der Waals surface area contributed by atoms with Crippen LogP contribution in [0.3, 0.4) is 0 Å². The van der Waals surface area contributed by atoms with E-state index in [9.17, 15) is 13.6 Å². The number of thiocarbonyl (C=S) groups is 1. The van der Waals surface area contributed by atoms with E-state index in [-0.39, 0.29) is 5.75 Å². The normalized spacial score (nSPS) is 15.6. The number of nitrogens with one attached hydrogen (secondary N) is 2. The Labute approximate surface area is 207 Å². The highest BCUT2D eigenvalue weighted by Gasteiger charge is 2.36. The van der Waals surface area contributed by atoms with Crippen molar-refractivity contribution in [2.45, 2.75) is 19.6 Å². The summed E-state index contributed by atoms with van der Waals surface area (Å²) in [5, 5.41) is 6.36. The van der Waals surface area contributed by atoms with Crippen LogP contribution in [-0.4, -0.2) is 24.7 Å². The Hall–Kier alpha value is -3.98. The van der Waals surface area contributed by atoms with Crippen LogP contribution in [0.25, 0.3) is 0 Å². The molecule has 0 bridgehead atoms. The van der Waals surface area contributed by atoms with Gasteiger partial charge >= 0.3 is 6.61 Å². The summed E-state index contributed by atoms with van der Waals surface area (Å²) in [5.74, 6) is -0.0116. The molecule has 1 amide bonds. The lowest BCUT2D eigenvalue weighted by atomic mass is 9.93. The monoisotopic (exact) mass is 495 g/mol. The molecule has 3 aromatic carbocycles. The quantitative estimate of drug-likeness (QED) is 0.414. The Morgan fingerprint density at radius 2 is 1.63 bits per heavy atom. The molecule has 0 saturated carbocycles. The number of carbonyl (C=O) groups is 1. The van der Waals surface area contributed by atoms with E-state index in [1.54, 1.807) is 54.3 Å². The maximum atomic E-state index is 13.7. The van der Waals surface area contributed by atoms with Gasteiger partial charge < -0.3 is 20.1 Å². The third-order valence-electron chi connectivity index (χ3n) is 5.55. The molecule has 0 aromatic heterocycles. The number of ether oxygens (including phenoxy) is 2. The summed E-state index contributed by atoms with van der Waals surface area (Å²) in [4.78, 5) is 15.5. The van der Waals surface area contributed by atoms with Gasteiger partial charge in [-0.1, -0.05) is 48.5 Å². The minimum atomic E-state index is -3.02. The Kier molecular flexibility index (Phi) is 7.26. The van der Waals surface area contributed by atoms with E-state index in [2.05, 4.69) is 10.6 Å². The van der Waals surface area contributed by atoms with Crippen molar-refractivity contribution in [2.24, 2.45) is 0 Å². The van der Waals surface area contributed by atoms with Crippen LogP contribution in [0.2, 0.25) is 0 Å². The third kappa shape index (κ3) is 5.09. The van der Waals surface area contributed by atoms with Gasteiger partial charge in [-0.15, -0.1) is 0 Å². The number of halogens is 2. The van der Waals surface area contributed by atoms with E-state index in [4.69, 9.17) is 21.7 Å². The summed E-state index contributed by atoms with van der Waals surface area (Å²) in [6.45, 7) is -1.26. The van der Waals surface area contributed by atoms with E-state index in [0.29, 0.717) is 33.4 Å². The van der Waals surface area contributed by atoms with E-state index < -0.39 is 18.6 Å². The molecular weight excluding hydrogens is 472 g/mol. The number of hydrogen-bond donors (Lipinski definition) is 2. The predicted octanol–water partition coefficient (Wildman–Crippen LogP) is 5.65. The summed E-state index contributed by atoms with van der Waals surface area (Å²) in [7, 11) is 1.51. The van der Waals surface area contributed by atoms with Crippen molar-refractivity contribution in [1.82, 2.24) is 5.32 Å². The zero-order chi connectivity index (χ0) is 24.9. The van der Waals surface area contributed by atoms with Gasteiger partial charge in [0.05, 0.1) is 24.4 Å². The van der Waals surface area contributed by atoms with E-state index in [1.165, 1.54) is 13.2 Å². The summed E-state index contributed by atoms with van der Waals surface area (Å²) < 4.78 is 36.4. The highest BCUT2D eigenvalue weighted by molar-refractivity contribution is 7.80. The minimum absolute atomic E-state index is 0.0497. The van der Waals surface area contributed by atoms with Gasteiger partial charge in [0.15, 0.2) is 5.11 Å². The fourth-order valence-electron chi connectivity index (χ4n) is 4.02. The van der Waals surface area contributed by atoms with Crippen LogP contribution < -0.4 is 25.0 Å². The summed E-state index contributed by atoms with van der Waals surface area (Å²) in [6.07, 6.45) is 0. The van der Waals surface area contributed by atoms with Gasteiger partial charge in [0, 0.05) is 16.9 Å². The fourth-order valence-corrected chi connectivity index (χ4v) is 4.38. The number of alkyl halides is 2. The van der Waals surface area contributed by atoms with Crippen molar-refractivity contribution in [3.05, 3.63) is 95.7 Å². The van der Waals surface area contributed by atoms with Gasteiger partial charge in [-0.2, -0.15) is 8.78 Å². The number of nitrogens with zero attached hydrogens (tertiary/aromatic N) is 1. The number of benzene rings is 3. The number of methoxy groups -OCH3 is 1. The molecular formula is C26H23F2N3O3S. The number of amides is 1. The largest absolute Gasteiger partial charge is 0.495 e. The SMILES string of the molecule is COc1ccccc1NC(=O)C1=C(C)N(c2ccccc2)C(=S)NC1c1ccccc1OC(F)F. The van der Waals surface area contributed by atoms with Gasteiger partial charge in [0.2, 0.25) is 0 Å². The molecule has 1 atom stereocenters. The van der Waals surface area contributed by atoms with Crippen molar-refractivity contribution in [1.29, 1.82) is 0 Å². The zero-order valence-electron chi connectivity index (χ0n) is 19.0. The summed E-state index contributed by atoms with van der Waals surface area (Å²) in [5.41, 5.74) is 2.41. The lowest BCUT2D eigenvalue weighted by Crippen LogP contribution is -2.48. The second-order valence-corrected chi connectivity index (χ2v) is 8.01. The van der Waals surface area contributed by atoms with Crippen LogP contribution in [0.1, 0.15) is 18.5 Å². The molecule has 1 aliphatic rings. The third-order valence-corrected chi connectivity index (χ3v) is 5.85. The summed E-state index contributed by atoms with van der Waals surface area (Å²) >= 11 is 5.64. The average Bonchev–Trinajstić information content (AvgIpc) is 2.84. The average molecular weight is 496 g/mol. The number of carbonyl (C=O) groups excluding carboxylic acids is 1. The first kappa shape index (κ1) is 24.2. The molecule has 180 valence electrons. The highest BCUT2D eigenvalue weighted by atomic mass is 32.1. The Morgan fingerprint density at radius 3 is 2.31 bits per heavy atom. The van der Waals surface area contributed by atoms with Crippen molar-refractivity contribution >= 4 is 34.6 Å². The van der Waals surface area contributed by atoms with E-state index >= 15 is 0 Å². The van der Waals surface area contributed by atoms with Crippen molar-refractivity contribution < 1.29 is 23.0 Å². The number of para-hydroxylation sites is 4. The second-order valence-electron chi connectivity index (χ2n) is 7.62. The Morgan fingerprint density at radius 1 is 1.00 bits per heavy atom. The van der Waals surface area contributed by atoms with Gasteiger partial charge in [-0.3, -0.25) is 9.69 Å². The maximum Gasteiger partial charge on any atom is 0.387 e. The van der Waals surface area contributed by atoms with Crippen molar-refractivity contribution in [3.8, 4) is 11.5 Å². The molecule has 0 fully saturated rings. The molecule has 0 radical (unpaired) electrons. The molecule has 6 nitrogen and oxygen atoms in total. The fraction of sp³-hybridized carbons (Fsp3) is 0.154. The first-order valence-corrected chi connectivity index (χ1v) is 11.2. The first-order valence-electron chi connectivity index (χ1n) is 10.7. The number of rotatable bonds is 7. The highest BCUT2D eigenvalue weighted by Crippen LogP contribution is 2.38. The molecule has 9 heteroatoms.